The van der Waals surface area contributed by atoms with Crippen molar-refractivity contribution in [2.24, 2.45) is 5.73 Å². The molecule has 0 saturated heterocycles. The molecule has 2 amide bonds. The molecule has 120 valence electrons. The second kappa shape index (κ2) is 7.82. The first-order valence-electron chi connectivity index (χ1n) is 7.94. The molecule has 0 bridgehead atoms. The van der Waals surface area contributed by atoms with Crippen LogP contribution in [0.4, 0.5) is 0 Å². The van der Waals surface area contributed by atoms with E-state index in [0.29, 0.717) is 23.9 Å². The van der Waals surface area contributed by atoms with Crippen LogP contribution in [0.1, 0.15) is 49.4 Å². The molecule has 0 aromatic heterocycles. The Morgan fingerprint density at radius 1 is 1.23 bits per heavy atom. The minimum Gasteiger partial charge on any atom is -0.483 e. The lowest BCUT2D eigenvalue weighted by Crippen LogP contribution is -2.43. The number of primary amides is 1. The van der Waals surface area contributed by atoms with Gasteiger partial charge < -0.3 is 15.4 Å². The zero-order valence-corrected chi connectivity index (χ0v) is 13.1. The maximum Gasteiger partial charge on any atom is 0.260 e. The molecule has 5 nitrogen and oxygen atoms in total. The number of nitrogens with two attached hydrogens (primary N) is 1. The Morgan fingerprint density at radius 3 is 2.55 bits per heavy atom. The van der Waals surface area contributed by atoms with E-state index in [1.165, 1.54) is 19.3 Å². The summed E-state index contributed by atoms with van der Waals surface area (Å²) in [6.07, 6.45) is 5.75. The van der Waals surface area contributed by atoms with Crippen LogP contribution >= 0.6 is 0 Å². The number of carbonyl (C=O) groups excluding carboxylic acids is 2. The van der Waals surface area contributed by atoms with Crippen molar-refractivity contribution in [3.05, 3.63) is 29.8 Å². The highest BCUT2D eigenvalue weighted by Gasteiger charge is 2.24. The molecule has 1 aliphatic carbocycles. The summed E-state index contributed by atoms with van der Waals surface area (Å²) in [5, 5.41) is 0. The zero-order chi connectivity index (χ0) is 15.9. The SMILES string of the molecule is CCN(C(=O)COc1ccccc1C(N)=O)C1CCCCC1. The Bertz CT molecular complexity index is 524. The van der Waals surface area contributed by atoms with E-state index < -0.39 is 5.91 Å². The monoisotopic (exact) mass is 304 g/mol. The fraction of sp³-hybridized carbons (Fsp3) is 0.529. The summed E-state index contributed by atoms with van der Waals surface area (Å²) in [6.45, 7) is 2.61. The number of benzene rings is 1. The number of amides is 2. The maximum absolute atomic E-state index is 12.4. The first kappa shape index (κ1) is 16.3. The van der Waals surface area contributed by atoms with Crippen LogP contribution in [0.5, 0.6) is 5.75 Å². The van der Waals surface area contributed by atoms with Gasteiger partial charge in [-0.25, -0.2) is 0 Å². The van der Waals surface area contributed by atoms with Gasteiger partial charge in [-0.15, -0.1) is 0 Å². The highest BCUT2D eigenvalue weighted by atomic mass is 16.5. The standard InChI is InChI=1S/C17H24N2O3/c1-2-19(13-8-4-3-5-9-13)16(20)12-22-15-11-7-6-10-14(15)17(18)21/h6-7,10-11,13H,2-5,8-9,12H2,1H3,(H2,18,21). The van der Waals surface area contributed by atoms with Crippen LogP contribution in [0.25, 0.3) is 0 Å². The average Bonchev–Trinajstić information content (AvgIpc) is 2.55. The van der Waals surface area contributed by atoms with Crippen molar-refractivity contribution in [2.75, 3.05) is 13.2 Å². The number of ether oxygens (including phenoxy) is 1. The van der Waals surface area contributed by atoms with Gasteiger partial charge >= 0.3 is 0 Å². The molecule has 0 atom stereocenters. The quantitative estimate of drug-likeness (QED) is 0.876. The second-order valence-corrected chi connectivity index (χ2v) is 5.62. The zero-order valence-electron chi connectivity index (χ0n) is 13.1. The number of rotatable bonds is 6. The Labute approximate surface area is 131 Å². The number of hydrogen-bond donors (Lipinski definition) is 1. The summed E-state index contributed by atoms with van der Waals surface area (Å²) < 4.78 is 5.54. The van der Waals surface area contributed by atoms with Gasteiger partial charge in [0.2, 0.25) is 0 Å². The molecule has 22 heavy (non-hydrogen) atoms. The van der Waals surface area contributed by atoms with E-state index in [1.54, 1.807) is 24.3 Å². The molecule has 1 fully saturated rings. The number of carbonyl (C=O) groups is 2. The Hall–Kier alpha value is -2.04. The Morgan fingerprint density at radius 2 is 1.91 bits per heavy atom. The third kappa shape index (κ3) is 4.00. The highest BCUT2D eigenvalue weighted by molar-refractivity contribution is 5.95. The van der Waals surface area contributed by atoms with Gasteiger partial charge in [0.25, 0.3) is 11.8 Å². The summed E-state index contributed by atoms with van der Waals surface area (Å²) in [7, 11) is 0. The van der Waals surface area contributed by atoms with Crippen LogP contribution in [0.2, 0.25) is 0 Å². The molecule has 0 spiro atoms. The largest absolute Gasteiger partial charge is 0.483 e. The first-order valence-corrected chi connectivity index (χ1v) is 7.94. The molecule has 5 heteroatoms. The van der Waals surface area contributed by atoms with Crippen molar-refractivity contribution in [1.29, 1.82) is 0 Å². The molecule has 0 aliphatic heterocycles. The third-order valence-electron chi connectivity index (χ3n) is 4.18. The molecule has 0 unspecified atom stereocenters. The van der Waals surface area contributed by atoms with Crippen LogP contribution in [-0.2, 0) is 4.79 Å². The average molecular weight is 304 g/mol. The number of nitrogens with zero attached hydrogens (tertiary/aromatic N) is 1. The number of likely N-dealkylation sites (N-methyl/N-ethyl adjacent to an activating group) is 1. The van der Waals surface area contributed by atoms with Crippen molar-refractivity contribution in [3.63, 3.8) is 0 Å². The molecular weight excluding hydrogens is 280 g/mol. The van der Waals surface area contributed by atoms with Crippen LogP contribution in [0, 0.1) is 0 Å². The minimum absolute atomic E-state index is 0.0336. The van der Waals surface area contributed by atoms with Crippen molar-refractivity contribution < 1.29 is 14.3 Å². The van der Waals surface area contributed by atoms with E-state index in [0.717, 1.165) is 12.8 Å². The molecule has 1 aliphatic rings. The summed E-state index contributed by atoms with van der Waals surface area (Å²) in [5.74, 6) is -0.223. The Kier molecular flexibility index (Phi) is 5.81. The third-order valence-corrected chi connectivity index (χ3v) is 4.18. The normalized spacial score (nSPS) is 15.3. The highest BCUT2D eigenvalue weighted by Crippen LogP contribution is 2.23. The van der Waals surface area contributed by atoms with E-state index in [-0.39, 0.29) is 12.5 Å². The van der Waals surface area contributed by atoms with E-state index in [9.17, 15) is 9.59 Å². The van der Waals surface area contributed by atoms with Gasteiger partial charge in [0.15, 0.2) is 6.61 Å². The molecule has 0 heterocycles. The fourth-order valence-electron chi connectivity index (χ4n) is 3.05. The predicted molar refractivity (Wildman–Crippen MR) is 84.7 cm³/mol. The topological polar surface area (TPSA) is 72.6 Å². The lowest BCUT2D eigenvalue weighted by molar-refractivity contribution is -0.136. The lowest BCUT2D eigenvalue weighted by atomic mass is 9.94. The van der Waals surface area contributed by atoms with E-state index in [4.69, 9.17) is 10.5 Å². The van der Waals surface area contributed by atoms with Crippen molar-refractivity contribution in [2.45, 2.75) is 45.1 Å². The van der Waals surface area contributed by atoms with Gasteiger partial charge in [-0.05, 0) is 31.9 Å². The van der Waals surface area contributed by atoms with Gasteiger partial charge in [-0.3, -0.25) is 9.59 Å². The lowest BCUT2D eigenvalue weighted by Gasteiger charge is -2.33. The summed E-state index contributed by atoms with van der Waals surface area (Å²) in [5.41, 5.74) is 5.61. The van der Waals surface area contributed by atoms with Gasteiger partial charge in [0, 0.05) is 12.6 Å². The van der Waals surface area contributed by atoms with E-state index >= 15 is 0 Å². The van der Waals surface area contributed by atoms with Crippen LogP contribution in [-0.4, -0.2) is 35.9 Å². The fourth-order valence-corrected chi connectivity index (χ4v) is 3.05. The summed E-state index contributed by atoms with van der Waals surface area (Å²) in [6, 6.07) is 7.05. The molecule has 2 N–H and O–H groups in total. The maximum atomic E-state index is 12.4. The van der Waals surface area contributed by atoms with Gasteiger partial charge in [0.1, 0.15) is 5.75 Å². The van der Waals surface area contributed by atoms with Gasteiger partial charge in [-0.2, -0.15) is 0 Å². The first-order chi connectivity index (χ1) is 10.6. The molecule has 1 aromatic carbocycles. The number of hydrogen-bond acceptors (Lipinski definition) is 3. The van der Waals surface area contributed by atoms with Crippen molar-refractivity contribution in [1.82, 2.24) is 4.90 Å². The molecule has 1 saturated carbocycles. The molecule has 2 rings (SSSR count). The smallest absolute Gasteiger partial charge is 0.260 e. The van der Waals surface area contributed by atoms with Gasteiger partial charge in [0.05, 0.1) is 5.56 Å². The van der Waals surface area contributed by atoms with Crippen LogP contribution < -0.4 is 10.5 Å². The molecular formula is C17H24N2O3. The van der Waals surface area contributed by atoms with Crippen LogP contribution in [0.3, 0.4) is 0 Å². The predicted octanol–water partition coefficient (Wildman–Crippen LogP) is 2.35. The summed E-state index contributed by atoms with van der Waals surface area (Å²) in [4.78, 5) is 25.7. The Balaban J connectivity index is 1.98. The van der Waals surface area contributed by atoms with Crippen LogP contribution in [0.15, 0.2) is 24.3 Å². The summed E-state index contributed by atoms with van der Waals surface area (Å²) >= 11 is 0. The second-order valence-electron chi connectivity index (χ2n) is 5.62. The van der Waals surface area contributed by atoms with Crippen molar-refractivity contribution in [3.8, 4) is 5.75 Å². The molecule has 0 radical (unpaired) electrons. The van der Waals surface area contributed by atoms with Crippen molar-refractivity contribution >= 4 is 11.8 Å². The minimum atomic E-state index is -0.553. The van der Waals surface area contributed by atoms with E-state index in [2.05, 4.69) is 0 Å². The van der Waals surface area contributed by atoms with Gasteiger partial charge in [-0.1, -0.05) is 31.4 Å². The number of para-hydroxylation sites is 1. The van der Waals surface area contributed by atoms with E-state index in [1.807, 2.05) is 11.8 Å². The molecule has 1 aromatic rings.